The molecule has 2 atom stereocenters. The molecule has 0 amide bonds. The molecule has 3 nitrogen and oxygen atoms in total. The van der Waals surface area contributed by atoms with Crippen LogP contribution in [0.5, 0.6) is 5.75 Å². The van der Waals surface area contributed by atoms with E-state index in [1.807, 2.05) is 37.3 Å². The molecule has 2 N–H and O–H groups in total. The number of thiophene rings is 1. The van der Waals surface area contributed by atoms with Crippen molar-refractivity contribution in [2.45, 2.75) is 26.0 Å². The summed E-state index contributed by atoms with van der Waals surface area (Å²) in [6.45, 7) is 4.95. The molecule has 2 aromatic rings. The van der Waals surface area contributed by atoms with Crippen molar-refractivity contribution in [3.8, 4) is 5.75 Å². The van der Waals surface area contributed by atoms with E-state index in [2.05, 4.69) is 23.7 Å². The molecule has 20 heavy (non-hydrogen) atoms. The monoisotopic (exact) mass is 291 g/mol. The Morgan fingerprint density at radius 3 is 2.65 bits per heavy atom. The normalized spacial score (nSPS) is 13.9. The lowest BCUT2D eigenvalue weighted by Gasteiger charge is -2.16. The van der Waals surface area contributed by atoms with E-state index in [0.717, 1.165) is 5.75 Å². The summed E-state index contributed by atoms with van der Waals surface area (Å²) in [5.41, 5.74) is 1.20. The summed E-state index contributed by atoms with van der Waals surface area (Å²) in [5.74, 6) is 0.793. The van der Waals surface area contributed by atoms with Gasteiger partial charge in [-0.25, -0.2) is 0 Å². The minimum absolute atomic E-state index is 0.254. The van der Waals surface area contributed by atoms with E-state index >= 15 is 0 Å². The minimum Gasteiger partial charge on any atom is -0.491 e. The lowest BCUT2D eigenvalue weighted by Crippen LogP contribution is -2.32. The lowest BCUT2D eigenvalue weighted by molar-refractivity contribution is 0.104. The first-order chi connectivity index (χ1) is 9.65. The van der Waals surface area contributed by atoms with Crippen LogP contribution in [0.4, 0.5) is 0 Å². The van der Waals surface area contributed by atoms with Crippen LogP contribution in [-0.2, 0) is 0 Å². The molecular formula is C16H21NO2S. The second-order valence-electron chi connectivity index (χ2n) is 4.92. The molecule has 0 radical (unpaired) electrons. The largest absolute Gasteiger partial charge is 0.491 e. The molecule has 1 heterocycles. The van der Waals surface area contributed by atoms with Gasteiger partial charge in [-0.15, -0.1) is 11.3 Å². The van der Waals surface area contributed by atoms with Gasteiger partial charge in [-0.3, -0.25) is 0 Å². The van der Waals surface area contributed by atoms with Crippen molar-refractivity contribution in [2.24, 2.45) is 0 Å². The van der Waals surface area contributed by atoms with Crippen LogP contribution >= 0.6 is 11.3 Å². The summed E-state index contributed by atoms with van der Waals surface area (Å²) in [5, 5.41) is 15.3. The molecule has 4 heteroatoms. The molecule has 108 valence electrons. The zero-order valence-electron chi connectivity index (χ0n) is 11.9. The topological polar surface area (TPSA) is 41.5 Å². The van der Waals surface area contributed by atoms with Crippen LogP contribution in [0.25, 0.3) is 0 Å². The molecule has 0 aliphatic heterocycles. The van der Waals surface area contributed by atoms with Crippen LogP contribution in [-0.4, -0.2) is 24.4 Å². The predicted molar refractivity (Wildman–Crippen MR) is 83.4 cm³/mol. The fourth-order valence-electron chi connectivity index (χ4n) is 1.84. The van der Waals surface area contributed by atoms with Crippen LogP contribution in [0.2, 0.25) is 0 Å². The van der Waals surface area contributed by atoms with Gasteiger partial charge in [0.05, 0.1) is 0 Å². The number of rotatable bonds is 7. The van der Waals surface area contributed by atoms with Gasteiger partial charge in [0, 0.05) is 17.5 Å². The fourth-order valence-corrected chi connectivity index (χ4v) is 2.60. The molecule has 0 bridgehead atoms. The van der Waals surface area contributed by atoms with Gasteiger partial charge < -0.3 is 15.2 Å². The average Bonchev–Trinajstić information content (AvgIpc) is 2.98. The highest BCUT2D eigenvalue weighted by Gasteiger charge is 2.10. The molecule has 1 aromatic carbocycles. The van der Waals surface area contributed by atoms with Crippen molar-refractivity contribution in [3.63, 3.8) is 0 Å². The third-order valence-corrected chi connectivity index (χ3v) is 4.15. The average molecular weight is 291 g/mol. The van der Waals surface area contributed by atoms with Gasteiger partial charge in [-0.2, -0.15) is 0 Å². The smallest absolute Gasteiger partial charge is 0.119 e. The third-order valence-electron chi connectivity index (χ3n) is 3.09. The van der Waals surface area contributed by atoms with E-state index in [-0.39, 0.29) is 6.04 Å². The van der Waals surface area contributed by atoms with Gasteiger partial charge in [0.15, 0.2) is 0 Å². The van der Waals surface area contributed by atoms with Gasteiger partial charge in [-0.1, -0.05) is 23.8 Å². The summed E-state index contributed by atoms with van der Waals surface area (Å²) >= 11 is 1.72. The van der Waals surface area contributed by atoms with E-state index in [1.54, 1.807) is 11.3 Å². The molecule has 0 aliphatic carbocycles. The Bertz CT molecular complexity index is 496. The Labute approximate surface area is 124 Å². The van der Waals surface area contributed by atoms with Gasteiger partial charge >= 0.3 is 0 Å². The molecule has 2 rings (SSSR count). The van der Waals surface area contributed by atoms with Crippen LogP contribution in [0.1, 0.15) is 23.4 Å². The van der Waals surface area contributed by atoms with Crippen molar-refractivity contribution in [1.29, 1.82) is 0 Å². The Hall–Kier alpha value is -1.36. The van der Waals surface area contributed by atoms with E-state index < -0.39 is 6.10 Å². The van der Waals surface area contributed by atoms with Crippen molar-refractivity contribution in [3.05, 3.63) is 52.2 Å². The second kappa shape index (κ2) is 7.43. The summed E-state index contributed by atoms with van der Waals surface area (Å²) in [4.78, 5) is 1.27. The van der Waals surface area contributed by atoms with Crippen LogP contribution in [0.15, 0.2) is 41.8 Å². The number of hydrogen-bond acceptors (Lipinski definition) is 4. The molecule has 0 saturated heterocycles. The van der Waals surface area contributed by atoms with Gasteiger partial charge in [-0.05, 0) is 37.4 Å². The van der Waals surface area contributed by atoms with Gasteiger partial charge in [0.25, 0.3) is 0 Å². The Morgan fingerprint density at radius 2 is 2.00 bits per heavy atom. The first kappa shape index (κ1) is 15.0. The SMILES string of the molecule is Cc1ccc(OCC(O)CN[C@H](C)c2cccs2)cc1. The maximum absolute atomic E-state index is 9.93. The zero-order valence-corrected chi connectivity index (χ0v) is 12.7. The maximum Gasteiger partial charge on any atom is 0.119 e. The Balaban J connectivity index is 1.70. The fraction of sp³-hybridized carbons (Fsp3) is 0.375. The lowest BCUT2D eigenvalue weighted by atomic mass is 10.2. The quantitative estimate of drug-likeness (QED) is 0.823. The minimum atomic E-state index is -0.515. The number of aliphatic hydroxyl groups excluding tert-OH is 1. The molecule has 1 unspecified atom stereocenters. The molecular weight excluding hydrogens is 270 g/mol. The summed E-state index contributed by atoms with van der Waals surface area (Å²) in [6.07, 6.45) is -0.515. The first-order valence-electron chi connectivity index (χ1n) is 6.79. The summed E-state index contributed by atoms with van der Waals surface area (Å²) in [6, 6.07) is 12.2. The first-order valence-corrected chi connectivity index (χ1v) is 7.67. The maximum atomic E-state index is 9.93. The number of ether oxygens (including phenoxy) is 1. The van der Waals surface area contributed by atoms with Crippen molar-refractivity contribution >= 4 is 11.3 Å². The Kier molecular flexibility index (Phi) is 5.59. The van der Waals surface area contributed by atoms with Gasteiger partial charge in [0.1, 0.15) is 18.5 Å². The molecule has 0 spiro atoms. The number of aliphatic hydroxyl groups is 1. The molecule has 1 aromatic heterocycles. The highest BCUT2D eigenvalue weighted by molar-refractivity contribution is 7.10. The van der Waals surface area contributed by atoms with Crippen molar-refractivity contribution < 1.29 is 9.84 Å². The number of benzene rings is 1. The van der Waals surface area contributed by atoms with Crippen molar-refractivity contribution in [1.82, 2.24) is 5.32 Å². The number of hydrogen-bond donors (Lipinski definition) is 2. The summed E-state index contributed by atoms with van der Waals surface area (Å²) < 4.78 is 5.56. The molecule has 0 fully saturated rings. The number of aryl methyl sites for hydroxylation is 1. The van der Waals surface area contributed by atoms with E-state index in [0.29, 0.717) is 13.2 Å². The van der Waals surface area contributed by atoms with Crippen LogP contribution in [0, 0.1) is 6.92 Å². The van der Waals surface area contributed by atoms with E-state index in [9.17, 15) is 5.11 Å². The van der Waals surface area contributed by atoms with E-state index in [1.165, 1.54) is 10.4 Å². The summed E-state index contributed by atoms with van der Waals surface area (Å²) in [7, 11) is 0. The zero-order chi connectivity index (χ0) is 14.4. The predicted octanol–water partition coefficient (Wildman–Crippen LogP) is 3.15. The molecule has 0 aliphatic rings. The highest BCUT2D eigenvalue weighted by atomic mass is 32.1. The van der Waals surface area contributed by atoms with Gasteiger partial charge in [0.2, 0.25) is 0 Å². The highest BCUT2D eigenvalue weighted by Crippen LogP contribution is 2.18. The third kappa shape index (κ3) is 4.63. The Morgan fingerprint density at radius 1 is 1.25 bits per heavy atom. The van der Waals surface area contributed by atoms with Crippen LogP contribution < -0.4 is 10.1 Å². The second-order valence-corrected chi connectivity index (χ2v) is 5.90. The number of nitrogens with one attached hydrogen (secondary N) is 1. The standard InChI is InChI=1S/C16H21NO2S/c1-12-5-7-15(8-6-12)19-11-14(18)10-17-13(2)16-4-3-9-20-16/h3-9,13-14,17-18H,10-11H2,1-2H3/t13-,14?/m1/s1. The molecule has 0 saturated carbocycles. The van der Waals surface area contributed by atoms with E-state index in [4.69, 9.17) is 4.74 Å². The van der Waals surface area contributed by atoms with Crippen molar-refractivity contribution in [2.75, 3.05) is 13.2 Å². The van der Waals surface area contributed by atoms with Crippen LogP contribution in [0.3, 0.4) is 0 Å².